The Morgan fingerprint density at radius 3 is 2.00 bits per heavy atom. The number of amides is 2. The molecule has 102 valence electrons. The summed E-state index contributed by atoms with van der Waals surface area (Å²) >= 11 is 0. The van der Waals surface area contributed by atoms with Crippen molar-refractivity contribution >= 4 is 6.03 Å². The molecule has 1 saturated carbocycles. The Kier molecular flexibility index (Phi) is 3.73. The maximum Gasteiger partial charge on any atom is 0.320 e. The van der Waals surface area contributed by atoms with Gasteiger partial charge in [-0.15, -0.1) is 0 Å². The van der Waals surface area contributed by atoms with Crippen molar-refractivity contribution in [3.05, 3.63) is 0 Å². The SMILES string of the molecule is O=C1N(C2CCCCC2)CCN1C1CCNCC1. The van der Waals surface area contributed by atoms with Crippen LogP contribution >= 0.6 is 0 Å². The van der Waals surface area contributed by atoms with E-state index in [1.54, 1.807) is 0 Å². The maximum absolute atomic E-state index is 12.5. The van der Waals surface area contributed by atoms with Crippen LogP contribution in [-0.2, 0) is 0 Å². The molecular weight excluding hydrogens is 226 g/mol. The Balaban J connectivity index is 1.60. The van der Waals surface area contributed by atoms with Gasteiger partial charge in [-0.25, -0.2) is 4.79 Å². The monoisotopic (exact) mass is 251 g/mol. The molecule has 0 spiro atoms. The Hall–Kier alpha value is -0.770. The minimum absolute atomic E-state index is 0.328. The van der Waals surface area contributed by atoms with Gasteiger partial charge in [0.05, 0.1) is 0 Å². The first-order chi connectivity index (χ1) is 8.86. The summed E-state index contributed by atoms with van der Waals surface area (Å²) in [5.41, 5.74) is 0. The highest BCUT2D eigenvalue weighted by Crippen LogP contribution is 2.27. The van der Waals surface area contributed by atoms with Crippen LogP contribution in [0, 0.1) is 0 Å². The van der Waals surface area contributed by atoms with Gasteiger partial charge in [-0.2, -0.15) is 0 Å². The van der Waals surface area contributed by atoms with E-state index in [1.807, 2.05) is 0 Å². The molecule has 3 fully saturated rings. The minimum Gasteiger partial charge on any atom is -0.320 e. The van der Waals surface area contributed by atoms with Gasteiger partial charge in [0.25, 0.3) is 0 Å². The lowest BCUT2D eigenvalue weighted by Gasteiger charge is -2.34. The van der Waals surface area contributed by atoms with Gasteiger partial charge in [0.1, 0.15) is 0 Å². The van der Waals surface area contributed by atoms with E-state index in [-0.39, 0.29) is 0 Å². The topological polar surface area (TPSA) is 35.6 Å². The molecule has 0 aromatic rings. The van der Waals surface area contributed by atoms with Crippen molar-refractivity contribution in [1.29, 1.82) is 0 Å². The average Bonchev–Trinajstić information content (AvgIpc) is 2.83. The van der Waals surface area contributed by atoms with E-state index in [9.17, 15) is 4.79 Å². The predicted octanol–water partition coefficient (Wildman–Crippen LogP) is 1.81. The van der Waals surface area contributed by atoms with E-state index in [0.717, 1.165) is 39.0 Å². The Morgan fingerprint density at radius 2 is 1.39 bits per heavy atom. The standard InChI is InChI=1S/C14H25N3O/c18-14-16(12-4-2-1-3-5-12)10-11-17(14)13-6-8-15-9-7-13/h12-13,15H,1-11H2. The predicted molar refractivity (Wildman–Crippen MR) is 71.6 cm³/mol. The van der Waals surface area contributed by atoms with Crippen LogP contribution in [0.25, 0.3) is 0 Å². The highest BCUT2D eigenvalue weighted by atomic mass is 16.2. The number of carbonyl (C=O) groups excluding carboxylic acids is 1. The summed E-state index contributed by atoms with van der Waals surface area (Å²) < 4.78 is 0. The van der Waals surface area contributed by atoms with E-state index in [0.29, 0.717) is 18.1 Å². The molecule has 2 heterocycles. The molecular formula is C14H25N3O. The lowest BCUT2D eigenvalue weighted by Crippen LogP contribution is -2.47. The first-order valence-electron chi connectivity index (χ1n) is 7.64. The van der Waals surface area contributed by atoms with Gasteiger partial charge < -0.3 is 15.1 Å². The van der Waals surface area contributed by atoms with Crippen LogP contribution < -0.4 is 5.32 Å². The van der Waals surface area contributed by atoms with Crippen molar-refractivity contribution in [2.45, 2.75) is 57.0 Å². The van der Waals surface area contributed by atoms with E-state index < -0.39 is 0 Å². The molecule has 18 heavy (non-hydrogen) atoms. The van der Waals surface area contributed by atoms with Crippen molar-refractivity contribution in [3.8, 4) is 0 Å². The van der Waals surface area contributed by atoms with Crippen molar-refractivity contribution in [2.24, 2.45) is 0 Å². The van der Waals surface area contributed by atoms with Gasteiger partial charge in [-0.05, 0) is 38.8 Å². The number of nitrogens with zero attached hydrogens (tertiary/aromatic N) is 2. The smallest absolute Gasteiger partial charge is 0.320 e. The number of piperidine rings is 1. The number of nitrogens with one attached hydrogen (secondary N) is 1. The number of carbonyl (C=O) groups is 1. The molecule has 0 aromatic heterocycles. The largest absolute Gasteiger partial charge is 0.320 e. The second-order valence-corrected chi connectivity index (χ2v) is 5.94. The molecule has 0 atom stereocenters. The molecule has 3 aliphatic rings. The van der Waals surface area contributed by atoms with Gasteiger partial charge >= 0.3 is 6.03 Å². The van der Waals surface area contributed by atoms with E-state index in [2.05, 4.69) is 15.1 Å². The third-order valence-corrected chi connectivity index (χ3v) is 4.84. The lowest BCUT2D eigenvalue weighted by molar-refractivity contribution is 0.147. The summed E-state index contributed by atoms with van der Waals surface area (Å²) in [4.78, 5) is 16.9. The summed E-state index contributed by atoms with van der Waals surface area (Å²) in [6.07, 6.45) is 8.69. The van der Waals surface area contributed by atoms with Crippen molar-refractivity contribution in [1.82, 2.24) is 15.1 Å². The first kappa shape index (κ1) is 12.3. The van der Waals surface area contributed by atoms with Gasteiger partial charge in [0, 0.05) is 25.2 Å². The zero-order valence-corrected chi connectivity index (χ0v) is 11.2. The number of hydrogen-bond acceptors (Lipinski definition) is 2. The number of rotatable bonds is 2. The molecule has 0 bridgehead atoms. The number of urea groups is 1. The van der Waals surface area contributed by atoms with E-state index in [1.165, 1.54) is 32.1 Å². The van der Waals surface area contributed by atoms with Crippen molar-refractivity contribution in [3.63, 3.8) is 0 Å². The quantitative estimate of drug-likeness (QED) is 0.812. The van der Waals surface area contributed by atoms with Crippen LogP contribution in [0.4, 0.5) is 4.79 Å². The summed E-state index contributed by atoms with van der Waals surface area (Å²) in [5, 5.41) is 3.38. The molecule has 1 aliphatic carbocycles. The van der Waals surface area contributed by atoms with Crippen LogP contribution in [0.3, 0.4) is 0 Å². The highest BCUT2D eigenvalue weighted by Gasteiger charge is 2.37. The number of hydrogen-bond donors (Lipinski definition) is 1. The minimum atomic E-state index is 0.328. The molecule has 2 aliphatic heterocycles. The summed E-state index contributed by atoms with van der Waals surface area (Å²) in [7, 11) is 0. The third-order valence-electron chi connectivity index (χ3n) is 4.84. The molecule has 2 amide bonds. The van der Waals surface area contributed by atoms with Gasteiger partial charge in [0.2, 0.25) is 0 Å². The molecule has 1 N–H and O–H groups in total. The normalized spacial score (nSPS) is 28.1. The highest BCUT2D eigenvalue weighted by molar-refractivity contribution is 5.77. The maximum atomic E-state index is 12.5. The van der Waals surface area contributed by atoms with Crippen LogP contribution in [0.15, 0.2) is 0 Å². The Labute approximate surface area is 110 Å². The van der Waals surface area contributed by atoms with E-state index in [4.69, 9.17) is 0 Å². The fourth-order valence-electron chi connectivity index (χ4n) is 3.76. The van der Waals surface area contributed by atoms with E-state index >= 15 is 0 Å². The fraction of sp³-hybridized carbons (Fsp3) is 0.929. The van der Waals surface area contributed by atoms with Gasteiger partial charge in [-0.3, -0.25) is 0 Å². The Bertz CT molecular complexity index is 267. The summed E-state index contributed by atoms with van der Waals surface area (Å²) in [5.74, 6) is 0. The second kappa shape index (κ2) is 5.47. The molecule has 4 nitrogen and oxygen atoms in total. The van der Waals surface area contributed by atoms with Crippen molar-refractivity contribution < 1.29 is 4.79 Å². The summed E-state index contributed by atoms with van der Waals surface area (Å²) in [6, 6.07) is 1.36. The molecule has 3 rings (SSSR count). The lowest BCUT2D eigenvalue weighted by atomic mass is 9.94. The molecule has 0 unspecified atom stereocenters. The Morgan fingerprint density at radius 1 is 0.833 bits per heavy atom. The third kappa shape index (κ3) is 2.35. The average molecular weight is 251 g/mol. The zero-order valence-electron chi connectivity index (χ0n) is 11.2. The van der Waals surface area contributed by atoms with Gasteiger partial charge in [0.15, 0.2) is 0 Å². The summed E-state index contributed by atoms with van der Waals surface area (Å²) in [6.45, 7) is 4.06. The fourth-order valence-corrected chi connectivity index (χ4v) is 3.76. The van der Waals surface area contributed by atoms with Crippen LogP contribution in [0.1, 0.15) is 44.9 Å². The first-order valence-corrected chi connectivity index (χ1v) is 7.64. The zero-order chi connectivity index (χ0) is 12.4. The van der Waals surface area contributed by atoms with Crippen LogP contribution in [0.5, 0.6) is 0 Å². The van der Waals surface area contributed by atoms with Crippen LogP contribution in [0.2, 0.25) is 0 Å². The molecule has 0 aromatic carbocycles. The second-order valence-electron chi connectivity index (χ2n) is 5.94. The van der Waals surface area contributed by atoms with Crippen LogP contribution in [-0.4, -0.2) is 54.1 Å². The molecule has 0 radical (unpaired) electrons. The molecule has 4 heteroatoms. The molecule has 2 saturated heterocycles. The van der Waals surface area contributed by atoms with Crippen molar-refractivity contribution in [2.75, 3.05) is 26.2 Å². The van der Waals surface area contributed by atoms with Gasteiger partial charge in [-0.1, -0.05) is 19.3 Å².